The quantitative estimate of drug-likeness (QED) is 0.897. The van der Waals surface area contributed by atoms with Crippen molar-refractivity contribution in [3.63, 3.8) is 0 Å². The van der Waals surface area contributed by atoms with Gasteiger partial charge in [0.25, 0.3) is 0 Å². The van der Waals surface area contributed by atoms with Crippen LogP contribution in [-0.4, -0.2) is 31.6 Å². The topological polar surface area (TPSA) is 38.5 Å². The molecule has 3 nitrogen and oxygen atoms in total. The maximum Gasteiger partial charge on any atom is 0.123 e. The summed E-state index contributed by atoms with van der Waals surface area (Å²) in [6, 6.07) is 5.57. The second-order valence-corrected chi connectivity index (χ2v) is 4.94. The summed E-state index contributed by atoms with van der Waals surface area (Å²) in [6.07, 6.45) is 2.55. The number of nitrogens with two attached hydrogens (primary N) is 1. The summed E-state index contributed by atoms with van der Waals surface area (Å²) in [5.41, 5.74) is 7.23. The Morgan fingerprint density at radius 2 is 2.12 bits per heavy atom. The normalized spacial score (nSPS) is 18.3. The van der Waals surface area contributed by atoms with Crippen molar-refractivity contribution in [1.29, 1.82) is 0 Å². The lowest BCUT2D eigenvalue weighted by Crippen LogP contribution is -2.30. The summed E-state index contributed by atoms with van der Waals surface area (Å²) in [5.74, 6) is 0.820. The largest absolute Gasteiger partial charge is 0.496 e. The van der Waals surface area contributed by atoms with Gasteiger partial charge in [-0.2, -0.15) is 0 Å². The molecule has 0 aromatic heterocycles. The lowest BCUT2D eigenvalue weighted by molar-refractivity contribution is 0.311. The minimum absolute atomic E-state index is 0.0400. The first kappa shape index (κ1) is 12.7. The van der Waals surface area contributed by atoms with Crippen LogP contribution < -0.4 is 10.5 Å². The molecule has 17 heavy (non-hydrogen) atoms. The van der Waals surface area contributed by atoms with Crippen LogP contribution >= 0.6 is 11.6 Å². The molecule has 2 rings (SSSR count). The Bertz CT molecular complexity index is 378. The van der Waals surface area contributed by atoms with Crippen LogP contribution in [0.3, 0.4) is 0 Å². The molecule has 1 saturated heterocycles. The summed E-state index contributed by atoms with van der Waals surface area (Å²) in [5, 5.41) is 0.706. The molecule has 94 valence electrons. The van der Waals surface area contributed by atoms with E-state index in [0.717, 1.165) is 30.9 Å². The molecule has 1 aliphatic heterocycles. The van der Waals surface area contributed by atoms with Gasteiger partial charge >= 0.3 is 0 Å². The van der Waals surface area contributed by atoms with Gasteiger partial charge in [-0.1, -0.05) is 11.6 Å². The Balaban J connectivity index is 2.11. The maximum absolute atomic E-state index is 6.24. The van der Waals surface area contributed by atoms with Gasteiger partial charge in [-0.3, -0.25) is 0 Å². The fourth-order valence-electron chi connectivity index (χ4n) is 2.34. The van der Waals surface area contributed by atoms with Crippen LogP contribution in [0.4, 0.5) is 0 Å². The lowest BCUT2D eigenvalue weighted by atomic mass is 10.1. The number of halogens is 1. The smallest absolute Gasteiger partial charge is 0.123 e. The minimum Gasteiger partial charge on any atom is -0.496 e. The van der Waals surface area contributed by atoms with E-state index in [1.54, 1.807) is 7.11 Å². The fourth-order valence-corrected chi connectivity index (χ4v) is 2.52. The van der Waals surface area contributed by atoms with Crippen molar-refractivity contribution >= 4 is 11.6 Å². The zero-order chi connectivity index (χ0) is 12.3. The minimum atomic E-state index is -0.0400. The van der Waals surface area contributed by atoms with Crippen molar-refractivity contribution in [2.75, 3.05) is 26.7 Å². The van der Waals surface area contributed by atoms with Crippen molar-refractivity contribution in [2.45, 2.75) is 18.9 Å². The van der Waals surface area contributed by atoms with Gasteiger partial charge in [0.2, 0.25) is 0 Å². The maximum atomic E-state index is 6.24. The van der Waals surface area contributed by atoms with E-state index in [2.05, 4.69) is 4.90 Å². The van der Waals surface area contributed by atoms with Crippen molar-refractivity contribution in [3.05, 3.63) is 28.8 Å². The fraction of sp³-hybridized carbons (Fsp3) is 0.538. The summed E-state index contributed by atoms with van der Waals surface area (Å²) in [7, 11) is 1.66. The van der Waals surface area contributed by atoms with E-state index >= 15 is 0 Å². The monoisotopic (exact) mass is 254 g/mol. The molecule has 0 aliphatic carbocycles. The van der Waals surface area contributed by atoms with Crippen LogP contribution in [0.1, 0.15) is 24.4 Å². The molecule has 1 heterocycles. The second kappa shape index (κ2) is 5.71. The molecule has 1 aromatic rings. The Kier molecular flexibility index (Phi) is 4.26. The van der Waals surface area contributed by atoms with Crippen LogP contribution in [0, 0.1) is 0 Å². The second-order valence-electron chi connectivity index (χ2n) is 4.50. The molecular weight excluding hydrogens is 236 g/mol. The number of rotatable bonds is 4. The van der Waals surface area contributed by atoms with E-state index in [1.807, 2.05) is 18.2 Å². The van der Waals surface area contributed by atoms with Gasteiger partial charge in [-0.25, -0.2) is 0 Å². The van der Waals surface area contributed by atoms with Crippen molar-refractivity contribution in [3.8, 4) is 5.75 Å². The highest BCUT2D eigenvalue weighted by molar-refractivity contribution is 6.30. The van der Waals surface area contributed by atoms with Crippen LogP contribution in [0.15, 0.2) is 18.2 Å². The highest BCUT2D eigenvalue weighted by Crippen LogP contribution is 2.28. The molecule has 0 saturated carbocycles. The number of hydrogen-bond donors (Lipinski definition) is 1. The van der Waals surface area contributed by atoms with Gasteiger partial charge in [-0.05, 0) is 44.1 Å². The number of methoxy groups -OCH3 is 1. The van der Waals surface area contributed by atoms with Gasteiger partial charge < -0.3 is 15.4 Å². The third kappa shape index (κ3) is 3.12. The van der Waals surface area contributed by atoms with Gasteiger partial charge in [0.05, 0.1) is 7.11 Å². The van der Waals surface area contributed by atoms with Crippen molar-refractivity contribution in [1.82, 2.24) is 4.90 Å². The molecule has 1 aromatic carbocycles. The molecule has 2 N–H and O–H groups in total. The van der Waals surface area contributed by atoms with E-state index in [0.29, 0.717) is 5.02 Å². The molecule has 0 radical (unpaired) electrons. The Morgan fingerprint density at radius 1 is 1.41 bits per heavy atom. The van der Waals surface area contributed by atoms with Crippen LogP contribution in [-0.2, 0) is 0 Å². The summed E-state index contributed by atoms with van der Waals surface area (Å²) >= 11 is 6.01. The first-order valence-electron chi connectivity index (χ1n) is 6.02. The van der Waals surface area contributed by atoms with Crippen LogP contribution in [0.2, 0.25) is 5.02 Å². The Hall–Kier alpha value is -0.770. The van der Waals surface area contributed by atoms with E-state index < -0.39 is 0 Å². The Labute approximate surface area is 107 Å². The van der Waals surface area contributed by atoms with Crippen LogP contribution in [0.5, 0.6) is 5.75 Å². The molecule has 1 unspecified atom stereocenters. The van der Waals surface area contributed by atoms with Gasteiger partial charge in [0, 0.05) is 23.2 Å². The molecule has 0 amide bonds. The zero-order valence-corrected chi connectivity index (χ0v) is 10.9. The van der Waals surface area contributed by atoms with Crippen LogP contribution in [0.25, 0.3) is 0 Å². The summed E-state index contributed by atoms with van der Waals surface area (Å²) in [4.78, 5) is 2.39. The highest BCUT2D eigenvalue weighted by Gasteiger charge is 2.18. The van der Waals surface area contributed by atoms with E-state index in [4.69, 9.17) is 22.1 Å². The number of likely N-dealkylation sites (tertiary alicyclic amines) is 1. The SMILES string of the molecule is COc1ccc(Cl)cc1C(N)CN1CCCC1. The van der Waals surface area contributed by atoms with Gasteiger partial charge in [0.1, 0.15) is 5.75 Å². The first-order chi connectivity index (χ1) is 8.20. The summed E-state index contributed by atoms with van der Waals surface area (Å²) < 4.78 is 5.33. The van der Waals surface area contributed by atoms with Crippen molar-refractivity contribution < 1.29 is 4.74 Å². The predicted octanol–water partition coefficient (Wildman–Crippen LogP) is 2.44. The number of hydrogen-bond acceptors (Lipinski definition) is 3. The molecule has 1 fully saturated rings. The molecular formula is C13H19ClN2O. The lowest BCUT2D eigenvalue weighted by Gasteiger charge is -2.22. The molecule has 4 heteroatoms. The number of ether oxygens (including phenoxy) is 1. The molecule has 1 atom stereocenters. The van der Waals surface area contributed by atoms with E-state index in [1.165, 1.54) is 12.8 Å². The Morgan fingerprint density at radius 3 is 2.76 bits per heavy atom. The van der Waals surface area contributed by atoms with Crippen molar-refractivity contribution in [2.24, 2.45) is 5.73 Å². The average Bonchev–Trinajstić information content (AvgIpc) is 2.81. The van der Waals surface area contributed by atoms with E-state index in [9.17, 15) is 0 Å². The first-order valence-corrected chi connectivity index (χ1v) is 6.40. The molecule has 0 bridgehead atoms. The predicted molar refractivity (Wildman–Crippen MR) is 70.6 cm³/mol. The van der Waals surface area contributed by atoms with E-state index in [-0.39, 0.29) is 6.04 Å². The highest BCUT2D eigenvalue weighted by atomic mass is 35.5. The summed E-state index contributed by atoms with van der Waals surface area (Å²) in [6.45, 7) is 3.17. The third-order valence-corrected chi connectivity index (χ3v) is 3.48. The third-order valence-electron chi connectivity index (χ3n) is 3.24. The number of benzene rings is 1. The zero-order valence-electron chi connectivity index (χ0n) is 10.2. The standard InChI is InChI=1S/C13H19ClN2O/c1-17-13-5-4-10(14)8-11(13)12(15)9-16-6-2-3-7-16/h4-5,8,12H,2-3,6-7,9,15H2,1H3. The van der Waals surface area contributed by atoms with Gasteiger partial charge in [0.15, 0.2) is 0 Å². The molecule has 1 aliphatic rings. The van der Waals surface area contributed by atoms with Gasteiger partial charge in [-0.15, -0.1) is 0 Å². The number of nitrogens with zero attached hydrogens (tertiary/aromatic N) is 1. The molecule has 0 spiro atoms. The average molecular weight is 255 g/mol.